The van der Waals surface area contributed by atoms with E-state index >= 15 is 0 Å². The van der Waals surface area contributed by atoms with E-state index in [0.29, 0.717) is 0 Å². The predicted octanol–water partition coefficient (Wildman–Crippen LogP) is 2.09. The van der Waals surface area contributed by atoms with Crippen molar-refractivity contribution in [2.75, 3.05) is 13.2 Å². The van der Waals surface area contributed by atoms with Crippen molar-refractivity contribution < 1.29 is 32.2 Å². The van der Waals surface area contributed by atoms with E-state index in [4.69, 9.17) is 4.74 Å². The fourth-order valence-electron chi connectivity index (χ4n) is 1.60. The summed E-state index contributed by atoms with van der Waals surface area (Å²) >= 11 is 0. The lowest BCUT2D eigenvalue weighted by Crippen LogP contribution is -2.35. The third-order valence-corrected chi connectivity index (χ3v) is 2.50. The van der Waals surface area contributed by atoms with Crippen LogP contribution in [0, 0.1) is 0 Å². The molecular weight excluding hydrogens is 317 g/mol. The molecular formula is C14H17F3N2O4. The van der Waals surface area contributed by atoms with Gasteiger partial charge in [0, 0.05) is 12.1 Å². The van der Waals surface area contributed by atoms with Gasteiger partial charge >= 0.3 is 12.1 Å². The van der Waals surface area contributed by atoms with Gasteiger partial charge in [0.25, 0.3) is 5.91 Å². The number of hydrogen-bond donors (Lipinski definition) is 1. The van der Waals surface area contributed by atoms with Crippen molar-refractivity contribution in [2.45, 2.75) is 32.5 Å². The van der Waals surface area contributed by atoms with Gasteiger partial charge in [-0.2, -0.15) is 13.2 Å². The number of carbonyl (C=O) groups is 2. The average Bonchev–Trinajstić information content (AvgIpc) is 2.44. The van der Waals surface area contributed by atoms with E-state index in [2.05, 4.69) is 15.0 Å². The maximum atomic E-state index is 12.1. The van der Waals surface area contributed by atoms with Crippen LogP contribution in [0.5, 0.6) is 5.88 Å². The number of nitrogens with zero attached hydrogens (tertiary/aromatic N) is 1. The highest BCUT2D eigenvalue weighted by Gasteiger charge is 2.28. The molecule has 1 heterocycles. The molecule has 0 bridgehead atoms. The summed E-state index contributed by atoms with van der Waals surface area (Å²) in [6.07, 6.45) is -4.52. The van der Waals surface area contributed by atoms with E-state index in [1.54, 1.807) is 13.8 Å². The van der Waals surface area contributed by atoms with Crippen molar-refractivity contribution in [3.63, 3.8) is 0 Å². The molecule has 128 valence electrons. The first-order valence-electron chi connectivity index (χ1n) is 6.84. The zero-order chi connectivity index (χ0) is 17.5. The molecule has 0 radical (unpaired) electrons. The standard InChI is InChI=1S/C14H17F3N2O4/c1-3-22-12(20)7-9(2)18-13(21)10-5-4-6-11(19-10)23-8-14(15,16)17/h4-6,9H,3,7-8H2,1-2H3,(H,18,21)/t9-/m1/s1. The zero-order valence-electron chi connectivity index (χ0n) is 12.6. The van der Waals surface area contributed by atoms with Gasteiger partial charge in [0.15, 0.2) is 6.61 Å². The Bertz CT molecular complexity index is 549. The molecule has 0 aliphatic heterocycles. The van der Waals surface area contributed by atoms with Crippen LogP contribution in [0.4, 0.5) is 13.2 Å². The Kier molecular flexibility index (Phi) is 6.80. The van der Waals surface area contributed by atoms with Crippen LogP contribution in [-0.2, 0) is 9.53 Å². The third kappa shape index (κ3) is 7.48. The molecule has 0 aromatic carbocycles. The minimum absolute atomic E-state index is 0.0240. The first-order valence-corrected chi connectivity index (χ1v) is 6.84. The number of halogens is 3. The van der Waals surface area contributed by atoms with Gasteiger partial charge in [0.05, 0.1) is 13.0 Å². The van der Waals surface area contributed by atoms with Crippen molar-refractivity contribution >= 4 is 11.9 Å². The monoisotopic (exact) mass is 334 g/mol. The third-order valence-electron chi connectivity index (χ3n) is 2.50. The summed E-state index contributed by atoms with van der Waals surface area (Å²) in [6, 6.07) is 3.38. The van der Waals surface area contributed by atoms with Crippen molar-refractivity contribution in [3.05, 3.63) is 23.9 Å². The molecule has 0 spiro atoms. The molecule has 9 heteroatoms. The van der Waals surface area contributed by atoms with E-state index in [9.17, 15) is 22.8 Å². The second kappa shape index (κ2) is 8.35. The van der Waals surface area contributed by atoms with E-state index in [1.807, 2.05) is 0 Å². The summed E-state index contributed by atoms with van der Waals surface area (Å²) < 4.78 is 45.5. The second-order valence-corrected chi connectivity index (χ2v) is 4.65. The molecule has 1 aromatic heterocycles. The Morgan fingerprint density at radius 2 is 2.04 bits per heavy atom. The number of alkyl halides is 3. The summed E-state index contributed by atoms with van der Waals surface area (Å²) in [5.41, 5.74) is -0.111. The van der Waals surface area contributed by atoms with Crippen LogP contribution in [0.2, 0.25) is 0 Å². The Morgan fingerprint density at radius 3 is 2.65 bits per heavy atom. The lowest BCUT2D eigenvalue weighted by molar-refractivity contribution is -0.154. The summed E-state index contributed by atoms with van der Waals surface area (Å²) in [5, 5.41) is 2.51. The SMILES string of the molecule is CCOC(=O)C[C@@H](C)NC(=O)c1cccc(OCC(F)(F)F)n1. The van der Waals surface area contributed by atoms with Gasteiger partial charge < -0.3 is 14.8 Å². The maximum Gasteiger partial charge on any atom is 0.422 e. The van der Waals surface area contributed by atoms with Gasteiger partial charge in [-0.25, -0.2) is 4.98 Å². The van der Waals surface area contributed by atoms with E-state index in [0.717, 1.165) is 0 Å². The summed E-state index contributed by atoms with van der Waals surface area (Å²) in [6.45, 7) is 2.00. The number of hydrogen-bond acceptors (Lipinski definition) is 5. The first-order chi connectivity index (χ1) is 10.7. The number of nitrogens with one attached hydrogen (secondary N) is 1. The van der Waals surface area contributed by atoms with Crippen molar-refractivity contribution in [1.82, 2.24) is 10.3 Å². The second-order valence-electron chi connectivity index (χ2n) is 4.65. The average molecular weight is 334 g/mol. The van der Waals surface area contributed by atoms with E-state index in [1.165, 1.54) is 18.2 Å². The molecule has 0 aliphatic rings. The Morgan fingerprint density at radius 1 is 1.35 bits per heavy atom. The predicted molar refractivity (Wildman–Crippen MR) is 74.0 cm³/mol. The lowest BCUT2D eigenvalue weighted by atomic mass is 10.2. The van der Waals surface area contributed by atoms with Gasteiger partial charge in [-0.15, -0.1) is 0 Å². The molecule has 1 N–H and O–H groups in total. The molecule has 23 heavy (non-hydrogen) atoms. The zero-order valence-corrected chi connectivity index (χ0v) is 12.6. The van der Waals surface area contributed by atoms with Crippen LogP contribution in [0.3, 0.4) is 0 Å². The lowest BCUT2D eigenvalue weighted by Gasteiger charge is -2.13. The fraction of sp³-hybridized carbons (Fsp3) is 0.500. The molecule has 0 saturated carbocycles. The molecule has 0 fully saturated rings. The van der Waals surface area contributed by atoms with Crippen molar-refractivity contribution in [2.24, 2.45) is 0 Å². The van der Waals surface area contributed by atoms with Crippen molar-refractivity contribution in [1.29, 1.82) is 0 Å². The molecule has 1 rings (SSSR count). The van der Waals surface area contributed by atoms with Crippen LogP contribution in [0.1, 0.15) is 30.8 Å². The number of amides is 1. The number of carbonyl (C=O) groups excluding carboxylic acids is 2. The normalized spacial score (nSPS) is 12.4. The molecule has 0 aliphatic carbocycles. The Balaban J connectivity index is 2.60. The van der Waals surface area contributed by atoms with Gasteiger partial charge in [-0.05, 0) is 19.9 Å². The molecule has 1 atom stereocenters. The summed E-state index contributed by atoms with van der Waals surface area (Å²) in [5.74, 6) is -1.40. The number of rotatable bonds is 7. The number of aromatic nitrogens is 1. The summed E-state index contributed by atoms with van der Waals surface area (Å²) in [4.78, 5) is 26.9. The van der Waals surface area contributed by atoms with Crippen LogP contribution < -0.4 is 10.1 Å². The van der Waals surface area contributed by atoms with Crippen LogP contribution in [0.15, 0.2) is 18.2 Å². The quantitative estimate of drug-likeness (QED) is 0.773. The number of ether oxygens (including phenoxy) is 2. The highest BCUT2D eigenvalue weighted by atomic mass is 19.4. The van der Waals surface area contributed by atoms with Gasteiger partial charge in [-0.1, -0.05) is 6.07 Å². The number of esters is 1. The molecule has 0 saturated heterocycles. The summed E-state index contributed by atoms with van der Waals surface area (Å²) in [7, 11) is 0. The largest absolute Gasteiger partial charge is 0.468 e. The molecule has 1 amide bonds. The molecule has 0 unspecified atom stereocenters. The van der Waals surface area contributed by atoms with Gasteiger partial charge in [-0.3, -0.25) is 9.59 Å². The Hall–Kier alpha value is -2.32. The molecule has 1 aromatic rings. The topological polar surface area (TPSA) is 77.5 Å². The maximum absolute atomic E-state index is 12.1. The van der Waals surface area contributed by atoms with Crippen molar-refractivity contribution in [3.8, 4) is 5.88 Å². The van der Waals surface area contributed by atoms with Gasteiger partial charge in [0.2, 0.25) is 5.88 Å². The molecule has 6 nitrogen and oxygen atoms in total. The van der Waals surface area contributed by atoms with Crippen LogP contribution in [-0.4, -0.2) is 42.3 Å². The van der Waals surface area contributed by atoms with E-state index < -0.39 is 30.7 Å². The Labute approximate surface area is 131 Å². The first kappa shape index (κ1) is 18.7. The van der Waals surface area contributed by atoms with E-state index in [-0.39, 0.29) is 24.6 Å². The number of pyridine rings is 1. The highest BCUT2D eigenvalue weighted by molar-refractivity contribution is 5.92. The minimum Gasteiger partial charge on any atom is -0.468 e. The van der Waals surface area contributed by atoms with Crippen LogP contribution in [0.25, 0.3) is 0 Å². The minimum atomic E-state index is -4.49. The van der Waals surface area contributed by atoms with Gasteiger partial charge in [0.1, 0.15) is 5.69 Å². The smallest absolute Gasteiger partial charge is 0.422 e. The fourth-order valence-corrected chi connectivity index (χ4v) is 1.60. The highest BCUT2D eigenvalue weighted by Crippen LogP contribution is 2.17. The van der Waals surface area contributed by atoms with Crippen LogP contribution >= 0.6 is 0 Å².